The molecule has 0 aliphatic heterocycles. The Kier molecular flexibility index (Phi) is 7.41. The van der Waals surface area contributed by atoms with Crippen molar-refractivity contribution in [2.75, 3.05) is 20.3 Å². The Morgan fingerprint density at radius 1 is 1.27 bits per heavy atom. The number of carbonyl (C=O) groups is 1. The van der Waals surface area contributed by atoms with E-state index in [1.54, 1.807) is 12.0 Å². The van der Waals surface area contributed by atoms with Crippen LogP contribution >= 0.6 is 11.3 Å². The van der Waals surface area contributed by atoms with Crippen LogP contribution in [0.1, 0.15) is 31.5 Å². The molecule has 0 atom stereocenters. The van der Waals surface area contributed by atoms with Gasteiger partial charge in [-0.1, -0.05) is 18.2 Å². The molecule has 1 aromatic carbocycles. The molecule has 2 amide bonds. The van der Waals surface area contributed by atoms with Crippen molar-refractivity contribution in [2.24, 2.45) is 0 Å². The van der Waals surface area contributed by atoms with Crippen LogP contribution in [-0.4, -0.2) is 41.7 Å². The number of carbonyl (C=O) groups excluding carboxylic acids is 1. The maximum atomic E-state index is 12.5. The van der Waals surface area contributed by atoms with Crippen molar-refractivity contribution in [3.8, 4) is 5.75 Å². The molecule has 2 rings (SSSR count). The average molecular weight is 378 g/mol. The fraction of sp³-hybridized carbons (Fsp3) is 0.474. The number of hydrogen-bond donors (Lipinski definition) is 1. The number of urea groups is 1. The molecular weight excluding hydrogens is 350 g/mol. The van der Waals surface area contributed by atoms with E-state index in [0.717, 1.165) is 16.5 Å². The molecule has 2 aromatic rings. The van der Waals surface area contributed by atoms with Gasteiger partial charge in [-0.3, -0.25) is 0 Å². The minimum atomic E-state index is -0.292. The SMILES string of the molecule is COCCN(Cc1csc(COc2ccccc2)n1)C(=O)NC(C)(C)C. The zero-order valence-electron chi connectivity index (χ0n) is 15.8. The second-order valence-electron chi connectivity index (χ2n) is 6.93. The van der Waals surface area contributed by atoms with Crippen molar-refractivity contribution in [1.82, 2.24) is 15.2 Å². The summed E-state index contributed by atoms with van der Waals surface area (Å²) in [6, 6.07) is 9.53. The number of hydrogen-bond acceptors (Lipinski definition) is 5. The lowest BCUT2D eigenvalue weighted by molar-refractivity contribution is 0.142. The van der Waals surface area contributed by atoms with Crippen LogP contribution in [-0.2, 0) is 17.9 Å². The van der Waals surface area contributed by atoms with E-state index in [9.17, 15) is 4.79 Å². The third kappa shape index (κ3) is 7.01. The lowest BCUT2D eigenvalue weighted by atomic mass is 10.1. The van der Waals surface area contributed by atoms with Gasteiger partial charge in [0.25, 0.3) is 0 Å². The van der Waals surface area contributed by atoms with E-state index in [2.05, 4.69) is 10.3 Å². The molecule has 0 fully saturated rings. The van der Waals surface area contributed by atoms with Gasteiger partial charge in [0, 0.05) is 24.6 Å². The van der Waals surface area contributed by atoms with E-state index in [1.165, 1.54) is 11.3 Å². The first-order valence-corrected chi connectivity index (χ1v) is 9.42. The number of rotatable bonds is 8. The summed E-state index contributed by atoms with van der Waals surface area (Å²) < 4.78 is 10.8. The highest BCUT2D eigenvalue weighted by Crippen LogP contribution is 2.16. The first-order valence-electron chi connectivity index (χ1n) is 8.54. The minimum absolute atomic E-state index is 0.121. The van der Waals surface area contributed by atoms with E-state index in [0.29, 0.717) is 26.3 Å². The molecule has 1 aromatic heterocycles. The standard InChI is InChI=1S/C19H27N3O3S/c1-19(2,3)21-18(23)22(10-11-24-4)12-15-14-26-17(20-15)13-25-16-8-6-5-7-9-16/h5-9,14H,10-13H2,1-4H3,(H,21,23). The van der Waals surface area contributed by atoms with Gasteiger partial charge in [0.2, 0.25) is 0 Å². The van der Waals surface area contributed by atoms with Crippen LogP contribution in [0.4, 0.5) is 4.79 Å². The summed E-state index contributed by atoms with van der Waals surface area (Å²) in [7, 11) is 1.63. The van der Waals surface area contributed by atoms with Crippen molar-refractivity contribution < 1.29 is 14.3 Å². The second kappa shape index (κ2) is 9.54. The van der Waals surface area contributed by atoms with E-state index >= 15 is 0 Å². The van der Waals surface area contributed by atoms with Crippen molar-refractivity contribution in [2.45, 2.75) is 39.5 Å². The fourth-order valence-corrected chi connectivity index (χ4v) is 2.90. The number of benzene rings is 1. The molecule has 0 saturated carbocycles. The Balaban J connectivity index is 1.95. The molecule has 142 valence electrons. The molecule has 6 nitrogen and oxygen atoms in total. The molecular formula is C19H27N3O3S. The summed E-state index contributed by atoms with van der Waals surface area (Å²) in [6.07, 6.45) is 0. The topological polar surface area (TPSA) is 63.7 Å². The van der Waals surface area contributed by atoms with Crippen molar-refractivity contribution >= 4 is 17.4 Å². The van der Waals surface area contributed by atoms with Crippen LogP contribution in [0.15, 0.2) is 35.7 Å². The molecule has 1 N–H and O–H groups in total. The number of methoxy groups -OCH3 is 1. The molecule has 0 aliphatic rings. The molecule has 7 heteroatoms. The predicted molar refractivity (Wildman–Crippen MR) is 103 cm³/mol. The summed E-state index contributed by atoms with van der Waals surface area (Å²) in [5.74, 6) is 0.815. The molecule has 0 bridgehead atoms. The Hall–Kier alpha value is -2.12. The highest BCUT2D eigenvalue weighted by atomic mass is 32.1. The monoisotopic (exact) mass is 377 g/mol. The van der Waals surface area contributed by atoms with Gasteiger partial charge in [0.05, 0.1) is 18.8 Å². The Morgan fingerprint density at radius 3 is 2.65 bits per heavy atom. The normalized spacial score (nSPS) is 11.2. The zero-order chi connectivity index (χ0) is 19.0. The van der Waals surface area contributed by atoms with Gasteiger partial charge in [0.15, 0.2) is 0 Å². The van der Waals surface area contributed by atoms with Crippen LogP contribution in [0, 0.1) is 0 Å². The summed E-state index contributed by atoms with van der Waals surface area (Å²) in [6.45, 7) is 7.72. The maximum absolute atomic E-state index is 12.5. The molecule has 26 heavy (non-hydrogen) atoms. The number of nitrogens with zero attached hydrogens (tertiary/aromatic N) is 2. The Bertz CT molecular complexity index is 683. The Morgan fingerprint density at radius 2 is 2.00 bits per heavy atom. The van der Waals surface area contributed by atoms with Gasteiger partial charge in [-0.2, -0.15) is 0 Å². The highest BCUT2D eigenvalue weighted by Gasteiger charge is 2.20. The number of aromatic nitrogens is 1. The average Bonchev–Trinajstić information content (AvgIpc) is 3.03. The second-order valence-corrected chi connectivity index (χ2v) is 7.87. The molecule has 0 radical (unpaired) electrons. The lowest BCUT2D eigenvalue weighted by Crippen LogP contribution is -2.49. The predicted octanol–water partition coefficient (Wildman–Crippen LogP) is 3.68. The highest BCUT2D eigenvalue weighted by molar-refractivity contribution is 7.09. The molecule has 0 saturated heterocycles. The van der Waals surface area contributed by atoms with Gasteiger partial charge in [-0.15, -0.1) is 11.3 Å². The van der Waals surface area contributed by atoms with Crippen molar-refractivity contribution in [3.05, 3.63) is 46.4 Å². The fourth-order valence-electron chi connectivity index (χ4n) is 2.20. The summed E-state index contributed by atoms with van der Waals surface area (Å²) in [5.41, 5.74) is 0.556. The van der Waals surface area contributed by atoms with E-state index in [4.69, 9.17) is 9.47 Å². The maximum Gasteiger partial charge on any atom is 0.318 e. The van der Waals surface area contributed by atoms with Gasteiger partial charge >= 0.3 is 6.03 Å². The number of amides is 2. The third-order valence-corrected chi connectivity index (χ3v) is 4.26. The van der Waals surface area contributed by atoms with Crippen LogP contribution in [0.3, 0.4) is 0 Å². The molecule has 0 unspecified atom stereocenters. The molecule has 0 aliphatic carbocycles. The van der Waals surface area contributed by atoms with E-state index < -0.39 is 0 Å². The van der Waals surface area contributed by atoms with Crippen LogP contribution in [0.2, 0.25) is 0 Å². The summed E-state index contributed by atoms with van der Waals surface area (Å²) >= 11 is 1.53. The zero-order valence-corrected chi connectivity index (χ0v) is 16.6. The first-order chi connectivity index (χ1) is 12.4. The van der Waals surface area contributed by atoms with Crippen molar-refractivity contribution in [3.63, 3.8) is 0 Å². The van der Waals surface area contributed by atoms with E-state index in [1.807, 2.05) is 56.5 Å². The summed E-state index contributed by atoms with van der Waals surface area (Å²) in [4.78, 5) is 18.8. The first kappa shape index (κ1) is 20.2. The molecule has 1 heterocycles. The number of ether oxygens (including phenoxy) is 2. The quantitative estimate of drug-likeness (QED) is 0.762. The van der Waals surface area contributed by atoms with Gasteiger partial charge in [0.1, 0.15) is 17.4 Å². The van der Waals surface area contributed by atoms with Gasteiger partial charge in [-0.05, 0) is 32.9 Å². The number of thiazole rings is 1. The summed E-state index contributed by atoms with van der Waals surface area (Å²) in [5, 5.41) is 5.83. The van der Waals surface area contributed by atoms with Crippen LogP contribution in [0.5, 0.6) is 5.75 Å². The minimum Gasteiger partial charge on any atom is -0.486 e. The van der Waals surface area contributed by atoms with Crippen LogP contribution < -0.4 is 10.1 Å². The number of nitrogens with one attached hydrogen (secondary N) is 1. The van der Waals surface area contributed by atoms with Crippen LogP contribution in [0.25, 0.3) is 0 Å². The van der Waals surface area contributed by atoms with Gasteiger partial charge in [-0.25, -0.2) is 9.78 Å². The number of para-hydroxylation sites is 1. The van der Waals surface area contributed by atoms with Gasteiger partial charge < -0.3 is 19.7 Å². The van der Waals surface area contributed by atoms with E-state index in [-0.39, 0.29) is 11.6 Å². The molecule has 0 spiro atoms. The third-order valence-electron chi connectivity index (χ3n) is 3.39. The smallest absolute Gasteiger partial charge is 0.318 e. The largest absolute Gasteiger partial charge is 0.486 e. The Labute approximate surface area is 159 Å². The lowest BCUT2D eigenvalue weighted by Gasteiger charge is -2.28. The van der Waals surface area contributed by atoms with Crippen molar-refractivity contribution in [1.29, 1.82) is 0 Å².